The van der Waals surface area contributed by atoms with Crippen LogP contribution in [0, 0.1) is 0 Å². The molecule has 1 atom stereocenters. The molecular formula is C23H21N3O2. The lowest BCUT2D eigenvalue weighted by atomic mass is 10.0. The average Bonchev–Trinajstić information content (AvgIpc) is 3.34. The molecule has 4 aromatic rings. The van der Waals surface area contributed by atoms with Gasteiger partial charge in [0.2, 0.25) is 0 Å². The van der Waals surface area contributed by atoms with Crippen molar-refractivity contribution in [3.05, 3.63) is 71.9 Å². The predicted octanol–water partition coefficient (Wildman–Crippen LogP) is 4.37. The zero-order chi connectivity index (χ0) is 19.1. The summed E-state index contributed by atoms with van der Waals surface area (Å²) < 4.78 is 12.0. The SMILES string of the molecule is COc1cccc2c1CC(Oc1c(N)cccc1-c1ccc3[nH]ncc3c1)C2. The third-order valence-corrected chi connectivity index (χ3v) is 5.41. The summed E-state index contributed by atoms with van der Waals surface area (Å²) in [5.41, 5.74) is 12.5. The average molecular weight is 371 g/mol. The molecule has 0 saturated carbocycles. The van der Waals surface area contributed by atoms with Gasteiger partial charge < -0.3 is 15.2 Å². The minimum absolute atomic E-state index is 0.0346. The molecule has 1 unspecified atom stereocenters. The maximum absolute atomic E-state index is 6.46. The molecule has 140 valence electrons. The lowest BCUT2D eigenvalue weighted by Gasteiger charge is -2.19. The zero-order valence-corrected chi connectivity index (χ0v) is 15.6. The Labute approximate surface area is 163 Å². The minimum atomic E-state index is 0.0346. The predicted molar refractivity (Wildman–Crippen MR) is 111 cm³/mol. The van der Waals surface area contributed by atoms with Crippen molar-refractivity contribution < 1.29 is 9.47 Å². The monoisotopic (exact) mass is 371 g/mol. The number of anilines is 1. The van der Waals surface area contributed by atoms with Gasteiger partial charge in [-0.05, 0) is 35.4 Å². The van der Waals surface area contributed by atoms with Gasteiger partial charge in [0.25, 0.3) is 0 Å². The Balaban J connectivity index is 1.49. The Hall–Kier alpha value is -3.47. The van der Waals surface area contributed by atoms with Crippen molar-refractivity contribution in [2.75, 3.05) is 12.8 Å². The Bertz CT molecular complexity index is 1170. The number of nitrogens with one attached hydrogen (secondary N) is 1. The van der Waals surface area contributed by atoms with Gasteiger partial charge in [-0.3, -0.25) is 5.10 Å². The number of methoxy groups -OCH3 is 1. The summed E-state index contributed by atoms with van der Waals surface area (Å²) in [5, 5.41) is 8.15. The molecule has 1 aliphatic rings. The van der Waals surface area contributed by atoms with Crippen LogP contribution in [-0.4, -0.2) is 23.4 Å². The number of fused-ring (bicyclic) bond motifs is 2. The molecule has 3 aromatic carbocycles. The highest BCUT2D eigenvalue weighted by atomic mass is 16.5. The van der Waals surface area contributed by atoms with E-state index in [4.69, 9.17) is 15.2 Å². The molecule has 0 bridgehead atoms. The van der Waals surface area contributed by atoms with Crippen LogP contribution in [0.1, 0.15) is 11.1 Å². The van der Waals surface area contributed by atoms with Crippen molar-refractivity contribution in [1.82, 2.24) is 10.2 Å². The lowest BCUT2D eigenvalue weighted by Crippen LogP contribution is -2.17. The van der Waals surface area contributed by atoms with Gasteiger partial charge >= 0.3 is 0 Å². The summed E-state index contributed by atoms with van der Waals surface area (Å²) in [6, 6.07) is 18.3. The Morgan fingerprint density at radius 2 is 1.96 bits per heavy atom. The molecule has 1 heterocycles. The van der Waals surface area contributed by atoms with Crippen molar-refractivity contribution in [1.29, 1.82) is 0 Å². The molecule has 0 spiro atoms. The van der Waals surface area contributed by atoms with Gasteiger partial charge in [0.05, 0.1) is 24.5 Å². The summed E-state index contributed by atoms with van der Waals surface area (Å²) in [6.45, 7) is 0. The third kappa shape index (κ3) is 2.76. The Kier molecular flexibility index (Phi) is 3.93. The molecule has 0 saturated heterocycles. The number of rotatable bonds is 4. The highest BCUT2D eigenvalue weighted by Crippen LogP contribution is 2.39. The van der Waals surface area contributed by atoms with E-state index in [0.717, 1.165) is 46.4 Å². The first kappa shape index (κ1) is 16.7. The van der Waals surface area contributed by atoms with Gasteiger partial charge in [-0.1, -0.05) is 30.3 Å². The number of nitrogen functional groups attached to an aromatic ring is 1. The van der Waals surface area contributed by atoms with E-state index in [1.165, 1.54) is 11.1 Å². The van der Waals surface area contributed by atoms with E-state index in [2.05, 4.69) is 34.5 Å². The molecule has 3 N–H and O–H groups in total. The standard InChI is InChI=1S/C23H21N3O2/c1-27-22-7-2-4-14-11-17(12-19(14)22)28-23-18(5-3-6-20(23)24)15-8-9-21-16(10-15)13-25-26-21/h2-10,13,17H,11-12,24H2,1H3,(H,25,26). The fourth-order valence-corrected chi connectivity index (χ4v) is 4.04. The zero-order valence-electron chi connectivity index (χ0n) is 15.6. The minimum Gasteiger partial charge on any atom is -0.496 e. The van der Waals surface area contributed by atoms with Crippen LogP contribution in [0.15, 0.2) is 60.8 Å². The first-order chi connectivity index (χ1) is 13.7. The molecule has 0 amide bonds. The number of benzene rings is 3. The number of aromatic amines is 1. The van der Waals surface area contributed by atoms with Crippen LogP contribution in [0.5, 0.6) is 11.5 Å². The molecule has 5 heteroatoms. The van der Waals surface area contributed by atoms with Crippen LogP contribution in [0.25, 0.3) is 22.0 Å². The summed E-state index contributed by atoms with van der Waals surface area (Å²) in [4.78, 5) is 0. The molecule has 28 heavy (non-hydrogen) atoms. The maximum Gasteiger partial charge on any atom is 0.150 e. The first-order valence-electron chi connectivity index (χ1n) is 9.36. The number of nitrogens with zero attached hydrogens (tertiary/aromatic N) is 1. The van der Waals surface area contributed by atoms with Gasteiger partial charge in [-0.2, -0.15) is 5.10 Å². The number of para-hydroxylation sites is 1. The van der Waals surface area contributed by atoms with Gasteiger partial charge in [0.15, 0.2) is 0 Å². The molecule has 0 fully saturated rings. The van der Waals surface area contributed by atoms with Gasteiger partial charge in [-0.25, -0.2) is 0 Å². The summed E-state index contributed by atoms with van der Waals surface area (Å²) >= 11 is 0. The van der Waals surface area contributed by atoms with Crippen LogP contribution in [0.4, 0.5) is 5.69 Å². The lowest BCUT2D eigenvalue weighted by molar-refractivity contribution is 0.215. The highest BCUT2D eigenvalue weighted by molar-refractivity contribution is 5.87. The van der Waals surface area contributed by atoms with E-state index in [9.17, 15) is 0 Å². The van der Waals surface area contributed by atoms with E-state index in [1.807, 2.05) is 36.5 Å². The van der Waals surface area contributed by atoms with Gasteiger partial charge in [0, 0.05) is 29.4 Å². The van der Waals surface area contributed by atoms with E-state index < -0.39 is 0 Å². The van der Waals surface area contributed by atoms with Crippen molar-refractivity contribution in [2.24, 2.45) is 0 Å². The number of hydrogen-bond donors (Lipinski definition) is 2. The fourth-order valence-electron chi connectivity index (χ4n) is 4.04. The molecule has 0 aliphatic heterocycles. The summed E-state index contributed by atoms with van der Waals surface area (Å²) in [7, 11) is 1.71. The molecule has 5 nitrogen and oxygen atoms in total. The van der Waals surface area contributed by atoms with Crippen LogP contribution < -0.4 is 15.2 Å². The first-order valence-corrected chi connectivity index (χ1v) is 9.36. The number of hydrogen-bond acceptors (Lipinski definition) is 4. The van der Waals surface area contributed by atoms with Crippen molar-refractivity contribution >= 4 is 16.6 Å². The van der Waals surface area contributed by atoms with Crippen LogP contribution >= 0.6 is 0 Å². The quantitative estimate of drug-likeness (QED) is 0.523. The van der Waals surface area contributed by atoms with Crippen LogP contribution in [-0.2, 0) is 12.8 Å². The van der Waals surface area contributed by atoms with Crippen LogP contribution in [0.2, 0.25) is 0 Å². The van der Waals surface area contributed by atoms with Crippen molar-refractivity contribution in [2.45, 2.75) is 18.9 Å². The normalized spacial score (nSPS) is 15.5. The second-order valence-corrected chi connectivity index (χ2v) is 7.14. The summed E-state index contributed by atoms with van der Waals surface area (Å²) in [6.07, 6.45) is 3.52. The maximum atomic E-state index is 6.46. The molecule has 1 aliphatic carbocycles. The number of nitrogens with two attached hydrogens (primary N) is 1. The highest BCUT2D eigenvalue weighted by Gasteiger charge is 2.27. The largest absolute Gasteiger partial charge is 0.496 e. The topological polar surface area (TPSA) is 73.2 Å². The van der Waals surface area contributed by atoms with E-state index >= 15 is 0 Å². The van der Waals surface area contributed by atoms with Crippen molar-refractivity contribution in [3.63, 3.8) is 0 Å². The Morgan fingerprint density at radius 1 is 1.07 bits per heavy atom. The van der Waals surface area contributed by atoms with Gasteiger partial charge in [0.1, 0.15) is 17.6 Å². The van der Waals surface area contributed by atoms with Crippen LogP contribution in [0.3, 0.4) is 0 Å². The molecular weight excluding hydrogens is 350 g/mol. The second kappa shape index (κ2) is 6.60. The van der Waals surface area contributed by atoms with Gasteiger partial charge in [-0.15, -0.1) is 0 Å². The Morgan fingerprint density at radius 3 is 2.86 bits per heavy atom. The molecule has 5 rings (SSSR count). The van der Waals surface area contributed by atoms with E-state index in [-0.39, 0.29) is 6.10 Å². The van der Waals surface area contributed by atoms with Crippen molar-refractivity contribution in [3.8, 4) is 22.6 Å². The van der Waals surface area contributed by atoms with E-state index in [1.54, 1.807) is 7.11 Å². The summed E-state index contributed by atoms with van der Waals surface area (Å²) in [5.74, 6) is 1.66. The second-order valence-electron chi connectivity index (χ2n) is 7.14. The smallest absolute Gasteiger partial charge is 0.150 e. The number of H-pyrrole nitrogens is 1. The third-order valence-electron chi connectivity index (χ3n) is 5.41. The number of aromatic nitrogens is 2. The fraction of sp³-hybridized carbons (Fsp3) is 0.174. The number of ether oxygens (including phenoxy) is 2. The van der Waals surface area contributed by atoms with E-state index in [0.29, 0.717) is 5.69 Å². The molecule has 1 aromatic heterocycles. The molecule has 0 radical (unpaired) electrons.